The third kappa shape index (κ3) is 4.10. The summed E-state index contributed by atoms with van der Waals surface area (Å²) in [5.41, 5.74) is 1.34. The van der Waals surface area contributed by atoms with E-state index in [0.29, 0.717) is 5.92 Å². The van der Waals surface area contributed by atoms with Gasteiger partial charge in [0.2, 0.25) is 0 Å². The first kappa shape index (κ1) is 11.0. The Labute approximate surface area is 90.5 Å². The fraction of sp³-hybridized carbons (Fsp3) is 0.455. The molecule has 1 unspecified atom stereocenters. The first-order chi connectivity index (χ1) is 6.22. The molecule has 1 aromatic rings. The van der Waals surface area contributed by atoms with Crippen LogP contribution in [0.1, 0.15) is 12.5 Å². The molecular weight excluding hydrogens is 196 g/mol. The Morgan fingerprint density at radius 2 is 2.23 bits per heavy atom. The third-order valence-corrected chi connectivity index (χ3v) is 3.78. The number of benzene rings is 1. The molecule has 1 atom stereocenters. The largest absolute Gasteiger partial charge is 0.179 e. The summed E-state index contributed by atoms with van der Waals surface area (Å²) in [6.07, 6.45) is 0. The summed E-state index contributed by atoms with van der Waals surface area (Å²) < 4.78 is 0. The molecule has 0 spiro atoms. The van der Waals surface area contributed by atoms with Crippen molar-refractivity contribution in [1.82, 2.24) is 0 Å². The summed E-state index contributed by atoms with van der Waals surface area (Å²) in [4.78, 5) is 1.37. The fourth-order valence-electron chi connectivity index (χ4n) is 0.996. The maximum Gasteiger partial charge on any atom is 0.00746 e. The number of rotatable bonds is 4. The van der Waals surface area contributed by atoms with Crippen molar-refractivity contribution in [3.8, 4) is 0 Å². The monoisotopic (exact) mass is 212 g/mol. The molecule has 0 radical (unpaired) electrons. The molecule has 0 amide bonds. The van der Waals surface area contributed by atoms with Crippen LogP contribution in [0.4, 0.5) is 0 Å². The van der Waals surface area contributed by atoms with Crippen molar-refractivity contribution in [3.05, 3.63) is 29.8 Å². The van der Waals surface area contributed by atoms with Gasteiger partial charge in [0.1, 0.15) is 0 Å². The van der Waals surface area contributed by atoms with E-state index in [9.17, 15) is 0 Å². The van der Waals surface area contributed by atoms with Gasteiger partial charge in [-0.25, -0.2) is 0 Å². The van der Waals surface area contributed by atoms with Gasteiger partial charge in [-0.3, -0.25) is 0 Å². The molecule has 0 aliphatic rings. The van der Waals surface area contributed by atoms with Crippen molar-refractivity contribution in [2.24, 2.45) is 5.92 Å². The standard InChI is InChI=1S/C11H16S2/c1-9-4-3-5-11(6-9)13-8-10(2)7-12/h3-6,10,12H,7-8H2,1-2H3. The average Bonchev–Trinajstić information content (AvgIpc) is 2.14. The smallest absolute Gasteiger partial charge is 0.00746 e. The average molecular weight is 212 g/mol. The summed E-state index contributed by atoms with van der Waals surface area (Å²) in [6, 6.07) is 8.65. The highest BCUT2D eigenvalue weighted by atomic mass is 32.2. The van der Waals surface area contributed by atoms with E-state index in [1.807, 2.05) is 11.8 Å². The lowest BCUT2D eigenvalue weighted by Gasteiger charge is -2.07. The summed E-state index contributed by atoms with van der Waals surface area (Å²) in [5, 5.41) is 0. The van der Waals surface area contributed by atoms with E-state index in [4.69, 9.17) is 0 Å². The van der Waals surface area contributed by atoms with Crippen LogP contribution in [0.15, 0.2) is 29.2 Å². The van der Waals surface area contributed by atoms with E-state index in [2.05, 4.69) is 50.7 Å². The lowest BCUT2D eigenvalue weighted by Crippen LogP contribution is -1.98. The first-order valence-corrected chi connectivity index (χ1v) is 6.14. The van der Waals surface area contributed by atoms with Gasteiger partial charge in [-0.15, -0.1) is 11.8 Å². The number of thioether (sulfide) groups is 1. The molecule has 72 valence electrons. The molecule has 0 nitrogen and oxygen atoms in total. The van der Waals surface area contributed by atoms with Gasteiger partial charge in [-0.1, -0.05) is 24.6 Å². The van der Waals surface area contributed by atoms with Gasteiger partial charge in [0, 0.05) is 10.6 Å². The van der Waals surface area contributed by atoms with Gasteiger partial charge in [-0.2, -0.15) is 12.6 Å². The van der Waals surface area contributed by atoms with Gasteiger partial charge in [0.15, 0.2) is 0 Å². The van der Waals surface area contributed by atoms with Crippen molar-refractivity contribution in [1.29, 1.82) is 0 Å². The third-order valence-electron chi connectivity index (χ3n) is 1.84. The summed E-state index contributed by atoms with van der Waals surface area (Å²) in [6.45, 7) is 4.36. The Kier molecular flexibility index (Phi) is 4.74. The zero-order chi connectivity index (χ0) is 9.68. The van der Waals surface area contributed by atoms with Gasteiger partial charge in [0.05, 0.1) is 0 Å². The Balaban J connectivity index is 2.45. The van der Waals surface area contributed by atoms with Crippen LogP contribution in [0.5, 0.6) is 0 Å². The molecule has 13 heavy (non-hydrogen) atoms. The molecule has 0 heterocycles. The van der Waals surface area contributed by atoms with E-state index in [1.165, 1.54) is 10.5 Å². The second-order valence-corrected chi connectivity index (χ2v) is 4.87. The lowest BCUT2D eigenvalue weighted by molar-refractivity contribution is 0.766. The van der Waals surface area contributed by atoms with Crippen molar-refractivity contribution in [2.45, 2.75) is 18.7 Å². The van der Waals surface area contributed by atoms with Gasteiger partial charge in [0.25, 0.3) is 0 Å². The zero-order valence-corrected chi connectivity index (χ0v) is 9.87. The quantitative estimate of drug-likeness (QED) is 0.587. The lowest BCUT2D eigenvalue weighted by atomic mass is 10.2. The molecule has 1 rings (SSSR count). The number of hydrogen-bond acceptors (Lipinski definition) is 2. The first-order valence-electron chi connectivity index (χ1n) is 4.52. The van der Waals surface area contributed by atoms with E-state index >= 15 is 0 Å². The van der Waals surface area contributed by atoms with E-state index < -0.39 is 0 Å². The molecule has 0 bridgehead atoms. The van der Waals surface area contributed by atoms with Crippen molar-refractivity contribution in [2.75, 3.05) is 11.5 Å². The number of aryl methyl sites for hydroxylation is 1. The molecule has 0 N–H and O–H groups in total. The Bertz CT molecular complexity index is 258. The molecule has 0 aromatic heterocycles. The number of thiol groups is 1. The highest BCUT2D eigenvalue weighted by molar-refractivity contribution is 7.99. The van der Waals surface area contributed by atoms with Crippen LogP contribution in [-0.2, 0) is 0 Å². The minimum absolute atomic E-state index is 0.689. The molecule has 0 saturated heterocycles. The minimum Gasteiger partial charge on any atom is -0.179 e. The van der Waals surface area contributed by atoms with Crippen LogP contribution in [-0.4, -0.2) is 11.5 Å². The minimum atomic E-state index is 0.689. The molecular formula is C11H16S2. The highest BCUT2D eigenvalue weighted by Crippen LogP contribution is 2.21. The molecule has 0 aliphatic carbocycles. The summed E-state index contributed by atoms with van der Waals surface area (Å²) in [5.74, 6) is 2.82. The van der Waals surface area contributed by atoms with E-state index in [-0.39, 0.29) is 0 Å². The topological polar surface area (TPSA) is 0 Å². The van der Waals surface area contributed by atoms with Crippen LogP contribution in [0, 0.1) is 12.8 Å². The van der Waals surface area contributed by atoms with E-state index in [1.54, 1.807) is 0 Å². The normalized spacial score (nSPS) is 12.8. The molecule has 0 aliphatic heterocycles. The predicted molar refractivity (Wildman–Crippen MR) is 64.9 cm³/mol. The van der Waals surface area contributed by atoms with Crippen molar-refractivity contribution in [3.63, 3.8) is 0 Å². The summed E-state index contributed by atoms with van der Waals surface area (Å²) in [7, 11) is 0. The Morgan fingerprint density at radius 1 is 1.46 bits per heavy atom. The van der Waals surface area contributed by atoms with Crippen LogP contribution in [0.25, 0.3) is 0 Å². The van der Waals surface area contributed by atoms with Gasteiger partial charge >= 0.3 is 0 Å². The van der Waals surface area contributed by atoms with Crippen LogP contribution in [0.3, 0.4) is 0 Å². The number of hydrogen-bond donors (Lipinski definition) is 1. The highest BCUT2D eigenvalue weighted by Gasteiger charge is 2.00. The van der Waals surface area contributed by atoms with Crippen LogP contribution >= 0.6 is 24.4 Å². The van der Waals surface area contributed by atoms with E-state index in [0.717, 1.165) is 11.5 Å². The zero-order valence-electron chi connectivity index (χ0n) is 8.16. The molecule has 0 fully saturated rings. The van der Waals surface area contributed by atoms with Gasteiger partial charge in [-0.05, 0) is 30.7 Å². The van der Waals surface area contributed by atoms with Crippen LogP contribution in [0.2, 0.25) is 0 Å². The maximum atomic E-state index is 4.27. The molecule has 2 heteroatoms. The van der Waals surface area contributed by atoms with Crippen molar-refractivity contribution >= 4 is 24.4 Å². The second-order valence-electron chi connectivity index (χ2n) is 3.42. The Hall–Kier alpha value is -0.0800. The van der Waals surface area contributed by atoms with Crippen LogP contribution < -0.4 is 0 Å². The second kappa shape index (κ2) is 5.61. The maximum absolute atomic E-state index is 4.27. The van der Waals surface area contributed by atoms with Crippen molar-refractivity contribution < 1.29 is 0 Å². The predicted octanol–water partition coefficient (Wildman–Crippen LogP) is 3.65. The van der Waals surface area contributed by atoms with Gasteiger partial charge < -0.3 is 0 Å². The molecule has 1 aromatic carbocycles. The Morgan fingerprint density at radius 3 is 2.85 bits per heavy atom. The molecule has 0 saturated carbocycles. The SMILES string of the molecule is Cc1cccc(SCC(C)CS)c1. The fourth-order valence-corrected chi connectivity index (χ4v) is 2.34. The summed E-state index contributed by atoms with van der Waals surface area (Å²) >= 11 is 6.19.